The topological polar surface area (TPSA) is 58.6 Å². The van der Waals surface area contributed by atoms with Crippen LogP contribution >= 0.6 is 0 Å². The van der Waals surface area contributed by atoms with Gasteiger partial charge in [0.1, 0.15) is 5.75 Å². The quantitative estimate of drug-likeness (QED) is 0.839. The van der Waals surface area contributed by atoms with E-state index in [1.54, 1.807) is 19.1 Å². The van der Waals surface area contributed by atoms with Gasteiger partial charge in [-0.2, -0.15) is 0 Å². The minimum Gasteiger partial charge on any atom is -0.481 e. The van der Waals surface area contributed by atoms with Gasteiger partial charge in [-0.3, -0.25) is 4.79 Å². The van der Waals surface area contributed by atoms with Crippen LogP contribution in [0.15, 0.2) is 24.3 Å². The molecule has 4 nitrogen and oxygen atoms in total. The van der Waals surface area contributed by atoms with Crippen molar-refractivity contribution in [2.75, 3.05) is 0 Å². The fourth-order valence-corrected chi connectivity index (χ4v) is 2.51. The highest BCUT2D eigenvalue weighted by molar-refractivity contribution is 5.81. The Kier molecular flexibility index (Phi) is 4.65. The van der Waals surface area contributed by atoms with E-state index >= 15 is 0 Å². The average molecular weight is 277 g/mol. The molecule has 1 amide bonds. The van der Waals surface area contributed by atoms with Crippen molar-refractivity contribution in [1.29, 1.82) is 0 Å². The summed E-state index contributed by atoms with van der Waals surface area (Å²) in [7, 11) is 0. The number of amides is 1. The predicted molar refractivity (Wildman–Crippen MR) is 77.5 cm³/mol. The van der Waals surface area contributed by atoms with Gasteiger partial charge < -0.3 is 15.2 Å². The lowest BCUT2D eigenvalue weighted by Gasteiger charge is -2.42. The monoisotopic (exact) mass is 277 g/mol. The smallest absolute Gasteiger partial charge is 0.261 e. The van der Waals surface area contributed by atoms with E-state index in [2.05, 4.69) is 12.2 Å². The van der Waals surface area contributed by atoms with Gasteiger partial charge in [-0.25, -0.2) is 0 Å². The minimum absolute atomic E-state index is 0.0123. The first-order chi connectivity index (χ1) is 9.58. The lowest BCUT2D eigenvalue weighted by Crippen LogP contribution is -2.55. The Bertz CT molecular complexity index is 463. The molecular formula is C16H23NO3. The number of hydrogen-bond acceptors (Lipinski definition) is 3. The maximum atomic E-state index is 12.2. The Morgan fingerprint density at radius 2 is 2.25 bits per heavy atom. The molecule has 2 rings (SSSR count). The molecule has 4 heteroatoms. The molecule has 1 aliphatic rings. The van der Waals surface area contributed by atoms with Gasteiger partial charge in [-0.15, -0.1) is 0 Å². The lowest BCUT2D eigenvalue weighted by molar-refractivity contribution is -0.130. The van der Waals surface area contributed by atoms with Crippen LogP contribution in [0.1, 0.15) is 45.1 Å². The van der Waals surface area contributed by atoms with Gasteiger partial charge in [0.05, 0.1) is 6.61 Å². The summed E-state index contributed by atoms with van der Waals surface area (Å²) in [6.45, 7) is 3.83. The maximum Gasteiger partial charge on any atom is 0.261 e. The SMILES string of the molecule is CCC1(NC(=O)C(C)Oc2cccc(CO)c2)CCC1. The van der Waals surface area contributed by atoms with E-state index < -0.39 is 6.10 Å². The van der Waals surface area contributed by atoms with E-state index in [9.17, 15) is 4.79 Å². The molecule has 1 aromatic rings. The number of benzene rings is 1. The highest BCUT2D eigenvalue weighted by Crippen LogP contribution is 2.34. The number of nitrogens with one attached hydrogen (secondary N) is 1. The average Bonchev–Trinajstić information content (AvgIpc) is 2.42. The first-order valence-corrected chi connectivity index (χ1v) is 7.27. The Labute approximate surface area is 120 Å². The van der Waals surface area contributed by atoms with Crippen molar-refractivity contribution >= 4 is 5.91 Å². The zero-order valence-electron chi connectivity index (χ0n) is 12.2. The van der Waals surface area contributed by atoms with Crippen molar-refractivity contribution in [1.82, 2.24) is 5.32 Å². The van der Waals surface area contributed by atoms with Gasteiger partial charge in [0.15, 0.2) is 6.10 Å². The lowest BCUT2D eigenvalue weighted by atomic mass is 9.75. The molecule has 2 N–H and O–H groups in total. The van der Waals surface area contributed by atoms with Crippen molar-refractivity contribution < 1.29 is 14.6 Å². The Morgan fingerprint density at radius 1 is 1.50 bits per heavy atom. The van der Waals surface area contributed by atoms with Crippen LogP contribution in [0.25, 0.3) is 0 Å². The number of rotatable bonds is 6. The van der Waals surface area contributed by atoms with Crippen LogP contribution in [0.4, 0.5) is 0 Å². The molecule has 1 aliphatic carbocycles. The van der Waals surface area contributed by atoms with Crippen LogP contribution in [0, 0.1) is 0 Å². The molecule has 110 valence electrons. The molecule has 0 saturated heterocycles. The molecule has 20 heavy (non-hydrogen) atoms. The molecule has 0 heterocycles. The van der Waals surface area contributed by atoms with Crippen molar-refractivity contribution in [2.24, 2.45) is 0 Å². The first kappa shape index (κ1) is 14.9. The van der Waals surface area contributed by atoms with Crippen LogP contribution in [0.2, 0.25) is 0 Å². The van der Waals surface area contributed by atoms with Gasteiger partial charge in [0.2, 0.25) is 0 Å². The van der Waals surface area contributed by atoms with E-state index in [0.29, 0.717) is 5.75 Å². The molecule has 0 aromatic heterocycles. The van der Waals surface area contributed by atoms with E-state index in [4.69, 9.17) is 9.84 Å². The summed E-state index contributed by atoms with van der Waals surface area (Å²) in [5.41, 5.74) is 0.765. The van der Waals surface area contributed by atoms with E-state index in [1.165, 1.54) is 6.42 Å². The van der Waals surface area contributed by atoms with Gasteiger partial charge in [-0.05, 0) is 50.3 Å². The van der Waals surface area contributed by atoms with Gasteiger partial charge in [-0.1, -0.05) is 19.1 Å². The maximum absolute atomic E-state index is 12.2. The largest absolute Gasteiger partial charge is 0.481 e. The summed E-state index contributed by atoms with van der Waals surface area (Å²) in [5, 5.41) is 12.2. The Morgan fingerprint density at radius 3 is 2.80 bits per heavy atom. The summed E-state index contributed by atoms with van der Waals surface area (Å²) in [5.74, 6) is 0.541. The van der Waals surface area contributed by atoms with Gasteiger partial charge >= 0.3 is 0 Å². The van der Waals surface area contributed by atoms with Gasteiger partial charge in [0, 0.05) is 5.54 Å². The molecule has 0 aliphatic heterocycles. The fourth-order valence-electron chi connectivity index (χ4n) is 2.51. The third-order valence-corrected chi connectivity index (χ3v) is 4.14. The van der Waals surface area contributed by atoms with E-state index in [0.717, 1.165) is 24.8 Å². The fraction of sp³-hybridized carbons (Fsp3) is 0.562. The summed E-state index contributed by atoms with van der Waals surface area (Å²) >= 11 is 0. The zero-order chi connectivity index (χ0) is 14.6. The minimum atomic E-state index is -0.534. The zero-order valence-corrected chi connectivity index (χ0v) is 12.2. The van der Waals surface area contributed by atoms with Crippen LogP contribution < -0.4 is 10.1 Å². The number of aliphatic hydroxyl groups is 1. The van der Waals surface area contributed by atoms with E-state index in [-0.39, 0.29) is 18.1 Å². The Hall–Kier alpha value is -1.55. The Balaban J connectivity index is 1.93. The molecule has 1 atom stereocenters. The molecule has 0 radical (unpaired) electrons. The van der Waals surface area contributed by atoms with E-state index in [1.807, 2.05) is 12.1 Å². The number of hydrogen-bond donors (Lipinski definition) is 2. The predicted octanol–water partition coefficient (Wildman–Crippen LogP) is 2.40. The third kappa shape index (κ3) is 3.31. The molecule has 0 bridgehead atoms. The van der Waals surface area contributed by atoms with Crippen molar-refractivity contribution in [3.63, 3.8) is 0 Å². The second-order valence-corrected chi connectivity index (χ2v) is 5.54. The van der Waals surface area contributed by atoms with Crippen molar-refractivity contribution in [3.8, 4) is 5.75 Å². The summed E-state index contributed by atoms with van der Waals surface area (Å²) in [6.07, 6.45) is 3.73. The first-order valence-electron chi connectivity index (χ1n) is 7.27. The summed E-state index contributed by atoms with van der Waals surface area (Å²) in [4.78, 5) is 12.2. The number of ether oxygens (including phenoxy) is 1. The second kappa shape index (κ2) is 6.27. The van der Waals surface area contributed by atoms with Crippen molar-refractivity contribution in [3.05, 3.63) is 29.8 Å². The molecule has 1 fully saturated rings. The highest BCUT2D eigenvalue weighted by atomic mass is 16.5. The molecule has 0 spiro atoms. The normalized spacial score (nSPS) is 17.9. The second-order valence-electron chi connectivity index (χ2n) is 5.54. The number of carbonyl (C=O) groups excluding carboxylic acids is 1. The summed E-state index contributed by atoms with van der Waals surface area (Å²) in [6, 6.07) is 7.17. The highest BCUT2D eigenvalue weighted by Gasteiger charge is 2.37. The molecular weight excluding hydrogens is 254 g/mol. The molecule has 1 aromatic carbocycles. The van der Waals surface area contributed by atoms with Gasteiger partial charge in [0.25, 0.3) is 5.91 Å². The number of aliphatic hydroxyl groups excluding tert-OH is 1. The molecule has 1 unspecified atom stereocenters. The van der Waals surface area contributed by atoms with Crippen LogP contribution in [0.5, 0.6) is 5.75 Å². The van der Waals surface area contributed by atoms with Crippen molar-refractivity contribution in [2.45, 2.75) is 57.8 Å². The molecule has 1 saturated carbocycles. The standard InChI is InChI=1S/C16H23NO3/c1-3-16(8-5-9-16)17-15(19)12(2)20-14-7-4-6-13(10-14)11-18/h4,6-7,10,12,18H,3,5,8-9,11H2,1-2H3,(H,17,19). The van der Waals surface area contributed by atoms with Crippen LogP contribution in [0.3, 0.4) is 0 Å². The van der Waals surface area contributed by atoms with Crippen LogP contribution in [-0.2, 0) is 11.4 Å². The van der Waals surface area contributed by atoms with Crippen LogP contribution in [-0.4, -0.2) is 22.7 Å². The summed E-state index contributed by atoms with van der Waals surface area (Å²) < 4.78 is 5.65. The number of carbonyl (C=O) groups is 1. The third-order valence-electron chi connectivity index (χ3n) is 4.14.